The van der Waals surface area contributed by atoms with Gasteiger partial charge in [0.2, 0.25) is 11.8 Å². The highest BCUT2D eigenvalue weighted by Gasteiger charge is 2.55. The highest BCUT2D eigenvalue weighted by Crippen LogP contribution is 2.45. The highest BCUT2D eigenvalue weighted by atomic mass is 127. The molecule has 6 N–H and O–H groups in total. The van der Waals surface area contributed by atoms with Crippen LogP contribution in [0.2, 0.25) is 0 Å². The van der Waals surface area contributed by atoms with E-state index in [0.29, 0.717) is 3.83 Å². The average Bonchev–Trinajstić information content (AvgIpc) is 3.44. The number of hydrogen-bond acceptors (Lipinski definition) is 14. The molecule has 17 nitrogen and oxygen atoms in total. The average molecular weight is 812 g/mol. The summed E-state index contributed by atoms with van der Waals surface area (Å²) in [6.45, 7) is 9.55. The van der Waals surface area contributed by atoms with Crippen LogP contribution in [0.1, 0.15) is 79.9 Å². The van der Waals surface area contributed by atoms with E-state index >= 15 is 0 Å². The van der Waals surface area contributed by atoms with Crippen molar-refractivity contribution >= 4 is 59.3 Å². The standard InChI is InChI=1S/C29H47IN7O10P/c1-15(23(39)44-14-28(3,4)5)35-48(42,36-16(2)24(40)46-17-11-9-8-10-12-17)45-13-18-20(38)29(6,41)25(47-18)37-21-19(32-26(37)30)22(43-7)34-27(31)33-21/h15-18,20,25,38,41H,8-14H2,1-7H3,(H2,31,33,34)(H2,35,36,42)/t15-,16?,18+,20+,25+,29+,48?/m0/s1. The van der Waals surface area contributed by atoms with Gasteiger partial charge in [-0.25, -0.2) is 15.2 Å². The van der Waals surface area contributed by atoms with Crippen molar-refractivity contribution in [3.63, 3.8) is 0 Å². The van der Waals surface area contributed by atoms with Gasteiger partial charge in [0, 0.05) is 22.6 Å². The summed E-state index contributed by atoms with van der Waals surface area (Å²) in [5.41, 5.74) is 4.08. The molecule has 1 aliphatic heterocycles. The van der Waals surface area contributed by atoms with Crippen molar-refractivity contribution in [1.29, 1.82) is 0 Å². The summed E-state index contributed by atoms with van der Waals surface area (Å²) in [5.74, 6) is -1.32. The van der Waals surface area contributed by atoms with Crippen LogP contribution in [0.4, 0.5) is 5.95 Å². The van der Waals surface area contributed by atoms with Crippen LogP contribution >= 0.6 is 30.3 Å². The number of esters is 2. The molecule has 1 saturated carbocycles. The molecule has 19 heteroatoms. The summed E-state index contributed by atoms with van der Waals surface area (Å²) in [7, 11) is -2.87. The first kappa shape index (κ1) is 38.6. The van der Waals surface area contributed by atoms with Gasteiger partial charge in [0.25, 0.3) is 0 Å². The van der Waals surface area contributed by atoms with E-state index in [1.54, 1.807) is 0 Å². The first-order valence-electron chi connectivity index (χ1n) is 15.8. The monoisotopic (exact) mass is 811 g/mol. The van der Waals surface area contributed by atoms with Gasteiger partial charge in [-0.15, -0.1) is 0 Å². The van der Waals surface area contributed by atoms with E-state index in [-0.39, 0.29) is 41.1 Å². The number of carbonyl (C=O) groups excluding carboxylic acids is 2. The molecular weight excluding hydrogens is 764 g/mol. The summed E-state index contributed by atoms with van der Waals surface area (Å²) in [6, 6.07) is -2.23. The molecular formula is C29H47IN7O10P. The van der Waals surface area contributed by atoms with Gasteiger partial charge in [-0.05, 0) is 51.9 Å². The van der Waals surface area contributed by atoms with E-state index in [1.165, 1.54) is 32.4 Å². The Labute approximate surface area is 293 Å². The molecule has 3 heterocycles. The number of halogens is 1. The Morgan fingerprint density at radius 1 is 1.15 bits per heavy atom. The number of nitrogens with zero attached hydrogens (tertiary/aromatic N) is 4. The van der Waals surface area contributed by atoms with Gasteiger partial charge >= 0.3 is 19.6 Å². The number of ether oxygens (including phenoxy) is 4. The maximum Gasteiger partial charge on any atom is 0.342 e. The van der Waals surface area contributed by atoms with Crippen LogP contribution < -0.4 is 20.6 Å². The van der Waals surface area contributed by atoms with Crippen molar-refractivity contribution in [2.75, 3.05) is 26.1 Å². The molecule has 0 bridgehead atoms. The van der Waals surface area contributed by atoms with Crippen LogP contribution in [-0.4, -0.2) is 98.0 Å². The number of aromatic nitrogens is 4. The number of hydrogen-bond donors (Lipinski definition) is 5. The predicted octanol–water partition coefficient (Wildman–Crippen LogP) is 2.58. The number of methoxy groups -OCH3 is 1. The van der Waals surface area contributed by atoms with E-state index in [0.717, 1.165) is 32.1 Å². The second kappa shape index (κ2) is 15.4. The third kappa shape index (κ3) is 9.12. The Bertz CT molecular complexity index is 1510. The van der Waals surface area contributed by atoms with E-state index < -0.39 is 62.3 Å². The van der Waals surface area contributed by atoms with Crippen molar-refractivity contribution < 1.29 is 47.8 Å². The number of rotatable bonds is 13. The summed E-state index contributed by atoms with van der Waals surface area (Å²) >= 11 is 1.91. The second-order valence-corrected chi connectivity index (χ2v) is 16.5. The summed E-state index contributed by atoms with van der Waals surface area (Å²) in [6.07, 6.45) is 0.170. The molecule has 0 radical (unpaired) electrons. The molecule has 0 spiro atoms. The first-order chi connectivity index (χ1) is 22.3. The molecule has 0 aromatic carbocycles. The van der Waals surface area contributed by atoms with Crippen LogP contribution in [0, 0.1) is 9.25 Å². The lowest BCUT2D eigenvalue weighted by atomic mass is 9.96. The molecule has 48 heavy (non-hydrogen) atoms. The van der Waals surface area contributed by atoms with Gasteiger partial charge in [0.1, 0.15) is 36.0 Å². The summed E-state index contributed by atoms with van der Waals surface area (Å²) in [4.78, 5) is 38.5. The summed E-state index contributed by atoms with van der Waals surface area (Å²) < 4.78 is 44.3. The van der Waals surface area contributed by atoms with Crippen LogP contribution in [0.5, 0.6) is 5.88 Å². The molecule has 0 amide bonds. The minimum atomic E-state index is -4.27. The van der Waals surface area contributed by atoms with E-state index in [9.17, 15) is 24.4 Å². The number of nitrogen functional groups attached to an aromatic ring is 1. The molecule has 2 unspecified atom stereocenters. The maximum atomic E-state index is 14.3. The molecule has 2 fully saturated rings. The minimum absolute atomic E-state index is 0.108. The maximum absolute atomic E-state index is 14.3. The molecule has 4 rings (SSSR count). The number of carbonyl (C=O) groups is 2. The fourth-order valence-electron chi connectivity index (χ4n) is 5.41. The Kier molecular flexibility index (Phi) is 12.4. The zero-order valence-corrected chi connectivity index (χ0v) is 31.3. The lowest BCUT2D eigenvalue weighted by Crippen LogP contribution is -2.46. The Morgan fingerprint density at radius 3 is 2.38 bits per heavy atom. The Hall–Kier alpha value is -2.19. The molecule has 2 aromatic rings. The largest absolute Gasteiger partial charge is 0.479 e. The van der Waals surface area contributed by atoms with Gasteiger partial charge in [-0.3, -0.25) is 18.7 Å². The predicted molar refractivity (Wildman–Crippen MR) is 182 cm³/mol. The number of fused-ring (bicyclic) bond motifs is 1. The smallest absolute Gasteiger partial charge is 0.342 e. The number of nitrogens with two attached hydrogens (primary N) is 1. The van der Waals surface area contributed by atoms with Gasteiger partial charge in [-0.2, -0.15) is 9.97 Å². The quantitative estimate of drug-likeness (QED) is 0.0847. The normalized spacial score (nSPS) is 26.2. The minimum Gasteiger partial charge on any atom is -0.479 e. The number of aliphatic hydroxyl groups excluding tert-OH is 1. The van der Waals surface area contributed by atoms with Gasteiger partial charge in [-0.1, -0.05) is 27.2 Å². The zero-order chi connectivity index (χ0) is 35.6. The number of imidazole rings is 1. The van der Waals surface area contributed by atoms with Gasteiger partial charge in [0.15, 0.2) is 21.2 Å². The molecule has 7 atom stereocenters. The van der Waals surface area contributed by atoms with Crippen molar-refractivity contribution in [2.45, 2.75) is 116 Å². The van der Waals surface area contributed by atoms with Crippen LogP contribution in [-0.2, 0) is 32.9 Å². The van der Waals surface area contributed by atoms with Crippen molar-refractivity contribution in [1.82, 2.24) is 29.7 Å². The molecule has 2 aromatic heterocycles. The third-order valence-electron chi connectivity index (χ3n) is 8.00. The molecule has 1 saturated heterocycles. The zero-order valence-electron chi connectivity index (χ0n) is 28.3. The third-order valence-corrected chi connectivity index (χ3v) is 10.7. The number of aliphatic hydroxyl groups is 2. The van der Waals surface area contributed by atoms with Crippen molar-refractivity contribution in [3.05, 3.63) is 3.83 Å². The van der Waals surface area contributed by atoms with Crippen LogP contribution in [0.15, 0.2) is 0 Å². The Balaban J connectivity index is 1.54. The SMILES string of the molecule is COc1nc(N)nc2c1nc(I)n2[C@@H]1O[C@H](COP(=O)(NC(C)C(=O)OC2CCCCC2)N[C@@H](C)C(=O)OCC(C)(C)C)[C@@H](O)[C@@]1(C)O. The van der Waals surface area contributed by atoms with Crippen LogP contribution in [0.3, 0.4) is 0 Å². The fraction of sp³-hybridized carbons (Fsp3) is 0.759. The fourth-order valence-corrected chi connectivity index (χ4v) is 7.94. The lowest BCUT2D eigenvalue weighted by Gasteiger charge is -2.29. The molecule has 1 aliphatic carbocycles. The van der Waals surface area contributed by atoms with Gasteiger partial charge in [0.05, 0.1) is 20.3 Å². The Morgan fingerprint density at radius 2 is 1.77 bits per heavy atom. The number of anilines is 1. The highest BCUT2D eigenvalue weighted by molar-refractivity contribution is 14.1. The van der Waals surface area contributed by atoms with Crippen LogP contribution in [0.25, 0.3) is 11.2 Å². The van der Waals surface area contributed by atoms with Crippen molar-refractivity contribution in [3.8, 4) is 5.88 Å². The second-order valence-electron chi connectivity index (χ2n) is 13.6. The van der Waals surface area contributed by atoms with E-state index in [1.807, 2.05) is 43.4 Å². The van der Waals surface area contributed by atoms with E-state index in [4.69, 9.17) is 29.2 Å². The lowest BCUT2D eigenvalue weighted by molar-refractivity contribution is -0.152. The first-order valence-corrected chi connectivity index (χ1v) is 18.5. The molecule has 270 valence electrons. The van der Waals surface area contributed by atoms with Gasteiger partial charge < -0.3 is 39.4 Å². The summed E-state index contributed by atoms with van der Waals surface area (Å²) in [5, 5.41) is 28.0. The van der Waals surface area contributed by atoms with E-state index in [2.05, 4.69) is 25.1 Å². The molecule has 2 aliphatic rings. The number of nitrogens with one attached hydrogen (secondary N) is 2. The van der Waals surface area contributed by atoms with Crippen molar-refractivity contribution in [2.24, 2.45) is 5.41 Å². The topological polar surface area (TPSA) is 231 Å².